The normalized spacial score (nSPS) is 12.5. The van der Waals surface area contributed by atoms with Gasteiger partial charge in [-0.15, -0.1) is 0 Å². The molecule has 4 aromatic carbocycles. The predicted octanol–water partition coefficient (Wildman–Crippen LogP) is 9.13. The Balaban J connectivity index is 1.49. The monoisotopic (exact) mass is 556 g/mol. The third kappa shape index (κ3) is 6.33. The van der Waals surface area contributed by atoms with Gasteiger partial charge in [0.05, 0.1) is 28.4 Å². The van der Waals surface area contributed by atoms with Crippen LogP contribution in [0.2, 0.25) is 0 Å². The molecule has 0 radical (unpaired) electrons. The van der Waals surface area contributed by atoms with Crippen LogP contribution in [0, 0.1) is 24.0 Å². The highest BCUT2D eigenvalue weighted by Gasteiger charge is 2.24. The summed E-state index contributed by atoms with van der Waals surface area (Å²) in [6.45, 7) is 8.41. The zero-order valence-electron chi connectivity index (χ0n) is 24.4. The SMILES string of the molecule is Cc1cccc(C)c1NC(C)c1cccc(C(C)Nc2ccc([N+](=O)[O-])cc2C(c2ccccc2)c2ccccc2)n1. The van der Waals surface area contributed by atoms with E-state index < -0.39 is 0 Å². The minimum absolute atomic E-state index is 0.00688. The van der Waals surface area contributed by atoms with Crippen molar-refractivity contribution < 1.29 is 4.92 Å². The van der Waals surface area contributed by atoms with Crippen molar-refractivity contribution in [1.82, 2.24) is 4.98 Å². The highest BCUT2D eigenvalue weighted by atomic mass is 16.6. The Bertz CT molecular complexity index is 1610. The lowest BCUT2D eigenvalue weighted by Gasteiger charge is -2.25. The minimum atomic E-state index is -0.334. The van der Waals surface area contributed by atoms with Crippen LogP contribution in [-0.4, -0.2) is 9.91 Å². The van der Waals surface area contributed by atoms with Gasteiger partial charge in [0.15, 0.2) is 0 Å². The summed E-state index contributed by atoms with van der Waals surface area (Å²) in [6.07, 6.45) is 0. The van der Waals surface area contributed by atoms with Gasteiger partial charge in [0.2, 0.25) is 0 Å². The summed E-state index contributed by atoms with van der Waals surface area (Å²) in [5.74, 6) is -0.192. The molecular weight excluding hydrogens is 520 g/mol. The molecule has 0 bridgehead atoms. The predicted molar refractivity (Wildman–Crippen MR) is 171 cm³/mol. The number of hydrogen-bond donors (Lipinski definition) is 2. The second-order valence-electron chi connectivity index (χ2n) is 10.8. The van der Waals surface area contributed by atoms with Crippen LogP contribution >= 0.6 is 0 Å². The first-order chi connectivity index (χ1) is 20.3. The largest absolute Gasteiger partial charge is 0.377 e. The van der Waals surface area contributed by atoms with E-state index in [-0.39, 0.29) is 28.6 Å². The number of nitro benzene ring substituents is 1. The Morgan fingerprint density at radius 1 is 0.667 bits per heavy atom. The molecule has 6 nitrogen and oxygen atoms in total. The summed E-state index contributed by atoms with van der Waals surface area (Å²) >= 11 is 0. The lowest BCUT2D eigenvalue weighted by atomic mass is 9.84. The molecule has 2 unspecified atom stereocenters. The van der Waals surface area contributed by atoms with Gasteiger partial charge in [-0.05, 0) is 73.7 Å². The second-order valence-corrected chi connectivity index (χ2v) is 10.8. The van der Waals surface area contributed by atoms with Gasteiger partial charge in [0, 0.05) is 29.4 Å². The fourth-order valence-corrected chi connectivity index (χ4v) is 5.47. The Labute approximate surface area is 247 Å². The number of nitrogens with one attached hydrogen (secondary N) is 2. The molecule has 5 aromatic rings. The number of anilines is 2. The number of para-hydroxylation sites is 1. The van der Waals surface area contributed by atoms with E-state index in [1.165, 1.54) is 11.1 Å². The van der Waals surface area contributed by atoms with E-state index in [4.69, 9.17) is 4.98 Å². The fraction of sp³-hybridized carbons (Fsp3) is 0.194. The van der Waals surface area contributed by atoms with Gasteiger partial charge in [-0.2, -0.15) is 0 Å². The number of pyridine rings is 1. The Morgan fingerprint density at radius 2 is 1.19 bits per heavy atom. The topological polar surface area (TPSA) is 80.1 Å². The van der Waals surface area contributed by atoms with Crippen LogP contribution in [0.1, 0.15) is 71.1 Å². The lowest BCUT2D eigenvalue weighted by Crippen LogP contribution is -2.15. The van der Waals surface area contributed by atoms with Crippen LogP contribution in [0.4, 0.5) is 17.1 Å². The Morgan fingerprint density at radius 3 is 1.74 bits per heavy atom. The maximum Gasteiger partial charge on any atom is 0.269 e. The van der Waals surface area contributed by atoms with Crippen molar-refractivity contribution >= 4 is 17.1 Å². The fourth-order valence-electron chi connectivity index (χ4n) is 5.47. The molecule has 6 heteroatoms. The van der Waals surface area contributed by atoms with Crippen molar-refractivity contribution in [1.29, 1.82) is 0 Å². The van der Waals surface area contributed by atoms with E-state index in [1.807, 2.05) is 60.7 Å². The van der Waals surface area contributed by atoms with Gasteiger partial charge < -0.3 is 10.6 Å². The van der Waals surface area contributed by atoms with Crippen molar-refractivity contribution in [3.8, 4) is 0 Å². The molecule has 0 fully saturated rings. The van der Waals surface area contributed by atoms with E-state index in [2.05, 4.69) is 80.8 Å². The quantitative estimate of drug-likeness (QED) is 0.102. The van der Waals surface area contributed by atoms with Crippen LogP contribution in [0.3, 0.4) is 0 Å². The molecule has 1 heterocycles. The summed E-state index contributed by atoms with van der Waals surface area (Å²) in [7, 11) is 0. The highest BCUT2D eigenvalue weighted by molar-refractivity contribution is 5.63. The first-order valence-electron chi connectivity index (χ1n) is 14.3. The maximum absolute atomic E-state index is 11.8. The number of benzene rings is 4. The molecule has 2 N–H and O–H groups in total. The van der Waals surface area contributed by atoms with E-state index in [0.29, 0.717) is 0 Å². The van der Waals surface area contributed by atoms with Crippen molar-refractivity contribution in [2.24, 2.45) is 0 Å². The van der Waals surface area contributed by atoms with Gasteiger partial charge in [-0.1, -0.05) is 84.9 Å². The molecule has 0 spiro atoms. The first kappa shape index (κ1) is 28.6. The minimum Gasteiger partial charge on any atom is -0.377 e. The van der Waals surface area contributed by atoms with E-state index in [1.54, 1.807) is 12.1 Å². The van der Waals surface area contributed by atoms with Crippen molar-refractivity contribution in [3.05, 3.63) is 165 Å². The van der Waals surface area contributed by atoms with Crippen LogP contribution in [0.5, 0.6) is 0 Å². The molecule has 1 aromatic heterocycles. The van der Waals surface area contributed by atoms with Gasteiger partial charge in [0.25, 0.3) is 5.69 Å². The third-order valence-corrected chi connectivity index (χ3v) is 7.72. The van der Waals surface area contributed by atoms with E-state index >= 15 is 0 Å². The number of aryl methyl sites for hydroxylation is 2. The van der Waals surface area contributed by atoms with Crippen molar-refractivity contribution in [2.75, 3.05) is 10.6 Å². The summed E-state index contributed by atoms with van der Waals surface area (Å²) in [6, 6.07) is 37.6. The van der Waals surface area contributed by atoms with Gasteiger partial charge >= 0.3 is 0 Å². The zero-order valence-corrected chi connectivity index (χ0v) is 24.4. The molecule has 2 atom stereocenters. The van der Waals surface area contributed by atoms with Crippen LogP contribution in [-0.2, 0) is 0 Å². The molecule has 0 saturated carbocycles. The zero-order chi connectivity index (χ0) is 29.6. The molecule has 0 saturated heterocycles. The molecule has 0 aliphatic heterocycles. The number of non-ortho nitro benzene ring substituents is 1. The molecule has 42 heavy (non-hydrogen) atoms. The Hall–Kier alpha value is -4.97. The lowest BCUT2D eigenvalue weighted by molar-refractivity contribution is -0.384. The van der Waals surface area contributed by atoms with Gasteiger partial charge in [-0.25, -0.2) is 0 Å². The third-order valence-electron chi connectivity index (χ3n) is 7.72. The number of hydrogen-bond acceptors (Lipinski definition) is 5. The van der Waals surface area contributed by atoms with Crippen LogP contribution in [0.15, 0.2) is 115 Å². The summed E-state index contributed by atoms with van der Waals surface area (Å²) in [5.41, 5.74) is 9.22. The number of rotatable bonds is 10. The number of aromatic nitrogens is 1. The maximum atomic E-state index is 11.8. The van der Waals surface area contributed by atoms with Gasteiger partial charge in [-0.3, -0.25) is 15.1 Å². The number of nitrogens with zero attached hydrogens (tertiary/aromatic N) is 2. The first-order valence-corrected chi connectivity index (χ1v) is 14.3. The average molecular weight is 557 g/mol. The molecular formula is C36H36N4O2. The van der Waals surface area contributed by atoms with Gasteiger partial charge in [0.1, 0.15) is 0 Å². The highest BCUT2D eigenvalue weighted by Crippen LogP contribution is 2.39. The van der Waals surface area contributed by atoms with Crippen LogP contribution < -0.4 is 10.6 Å². The van der Waals surface area contributed by atoms with E-state index in [9.17, 15) is 10.1 Å². The standard InChI is InChI=1S/C36H36N4O2/c1-24-13-11-14-25(2)36(24)38-27(4)33-20-12-19-32(39-33)26(3)37-34-22-21-30(40(41)42)23-31(34)35(28-15-7-5-8-16-28)29-17-9-6-10-18-29/h5-23,26-27,35,37-38H,1-4H3. The van der Waals surface area contributed by atoms with Crippen LogP contribution in [0.25, 0.3) is 0 Å². The number of nitro groups is 1. The van der Waals surface area contributed by atoms with Crippen molar-refractivity contribution in [2.45, 2.75) is 45.7 Å². The van der Waals surface area contributed by atoms with E-state index in [0.717, 1.165) is 39.5 Å². The summed E-state index contributed by atoms with van der Waals surface area (Å²) in [5, 5.41) is 19.1. The molecule has 0 aliphatic rings. The van der Waals surface area contributed by atoms with Crippen molar-refractivity contribution in [3.63, 3.8) is 0 Å². The smallest absolute Gasteiger partial charge is 0.269 e. The Kier molecular flexibility index (Phi) is 8.63. The molecule has 0 amide bonds. The average Bonchev–Trinajstić information content (AvgIpc) is 3.01. The molecule has 0 aliphatic carbocycles. The second kappa shape index (κ2) is 12.7. The molecule has 212 valence electrons. The summed E-state index contributed by atoms with van der Waals surface area (Å²) in [4.78, 5) is 16.5. The summed E-state index contributed by atoms with van der Waals surface area (Å²) < 4.78 is 0. The molecule has 5 rings (SSSR count).